The number of nitriles is 1. The molecule has 1 atom stereocenters. The standard InChI is InChI=1S/C34H29ClN2O5/c1-2-3-18-39-25-14-10-23(11-15-25)34(38)41-27-16-17-28-31(19-27)42-33(37)29(20-36)32(28)22-8-12-26(13-9-22)40-21-24-6-4-5-7-30(24)35/h4-17,19,32H,2-3,18,21,37H2,1H3. The molecule has 0 amide bonds. The van der Waals surface area contributed by atoms with E-state index in [-0.39, 0.29) is 11.6 Å². The summed E-state index contributed by atoms with van der Waals surface area (Å²) < 4.78 is 23.0. The van der Waals surface area contributed by atoms with Gasteiger partial charge in [-0.2, -0.15) is 5.26 Å². The molecule has 0 bridgehead atoms. The molecule has 0 saturated carbocycles. The average molecular weight is 581 g/mol. The quantitative estimate of drug-likeness (QED) is 0.117. The van der Waals surface area contributed by atoms with E-state index in [2.05, 4.69) is 13.0 Å². The number of hydrogen-bond acceptors (Lipinski definition) is 7. The second-order valence-electron chi connectivity index (χ2n) is 9.69. The van der Waals surface area contributed by atoms with Crippen molar-refractivity contribution in [2.45, 2.75) is 32.3 Å². The number of hydrogen-bond donors (Lipinski definition) is 1. The molecule has 1 aliphatic heterocycles. The number of rotatable bonds is 10. The number of nitrogens with two attached hydrogens (primary N) is 1. The van der Waals surface area contributed by atoms with Gasteiger partial charge in [-0.1, -0.05) is 61.3 Å². The number of carbonyl (C=O) groups excluding carboxylic acids is 1. The third kappa shape index (κ3) is 6.51. The van der Waals surface area contributed by atoms with Crippen molar-refractivity contribution in [3.8, 4) is 29.1 Å². The number of halogens is 1. The lowest BCUT2D eigenvalue weighted by atomic mass is 9.83. The van der Waals surface area contributed by atoms with E-state index in [0.717, 1.165) is 29.5 Å². The molecule has 4 aromatic carbocycles. The fourth-order valence-electron chi connectivity index (χ4n) is 4.56. The monoisotopic (exact) mass is 580 g/mol. The van der Waals surface area contributed by atoms with Gasteiger partial charge >= 0.3 is 5.97 Å². The van der Waals surface area contributed by atoms with E-state index in [4.69, 9.17) is 36.3 Å². The number of nitrogens with zero attached hydrogens (tertiary/aromatic N) is 1. The maximum atomic E-state index is 12.8. The Hall–Kier alpha value is -4.93. The molecule has 1 unspecified atom stereocenters. The van der Waals surface area contributed by atoms with Crippen molar-refractivity contribution in [2.24, 2.45) is 5.73 Å². The van der Waals surface area contributed by atoms with Crippen LogP contribution in [0.1, 0.15) is 52.7 Å². The Bertz CT molecular complexity index is 1640. The lowest BCUT2D eigenvalue weighted by Crippen LogP contribution is -2.21. The molecule has 5 rings (SSSR count). The van der Waals surface area contributed by atoms with Crippen molar-refractivity contribution >= 4 is 17.6 Å². The van der Waals surface area contributed by atoms with Crippen molar-refractivity contribution in [3.05, 3.63) is 130 Å². The molecule has 7 nitrogen and oxygen atoms in total. The third-order valence-corrected chi connectivity index (χ3v) is 7.19. The highest BCUT2D eigenvalue weighted by Gasteiger charge is 2.31. The first-order valence-corrected chi connectivity index (χ1v) is 14.0. The predicted octanol–water partition coefficient (Wildman–Crippen LogP) is 7.54. The number of carbonyl (C=O) groups is 1. The molecule has 1 aliphatic rings. The minimum Gasteiger partial charge on any atom is -0.494 e. The van der Waals surface area contributed by atoms with Gasteiger partial charge in [-0.25, -0.2) is 4.79 Å². The predicted molar refractivity (Wildman–Crippen MR) is 160 cm³/mol. The Morgan fingerprint density at radius 1 is 0.952 bits per heavy atom. The van der Waals surface area contributed by atoms with Gasteiger partial charge in [-0.15, -0.1) is 0 Å². The van der Waals surface area contributed by atoms with Gasteiger partial charge < -0.3 is 24.7 Å². The first kappa shape index (κ1) is 28.6. The van der Waals surface area contributed by atoms with E-state index < -0.39 is 11.9 Å². The number of allylic oxidation sites excluding steroid dienone is 1. The Kier molecular flexibility index (Phi) is 8.96. The summed E-state index contributed by atoms with van der Waals surface area (Å²) >= 11 is 6.23. The Morgan fingerprint density at radius 3 is 2.36 bits per heavy atom. The van der Waals surface area contributed by atoms with E-state index >= 15 is 0 Å². The molecule has 8 heteroatoms. The minimum absolute atomic E-state index is 0.00353. The first-order valence-electron chi connectivity index (χ1n) is 13.6. The van der Waals surface area contributed by atoms with Crippen LogP contribution in [0, 0.1) is 11.3 Å². The molecule has 42 heavy (non-hydrogen) atoms. The average Bonchev–Trinajstić information content (AvgIpc) is 3.00. The molecule has 212 valence electrons. The summed E-state index contributed by atoms with van der Waals surface area (Å²) in [4.78, 5) is 12.8. The molecule has 0 spiro atoms. The van der Waals surface area contributed by atoms with Gasteiger partial charge in [-0.3, -0.25) is 0 Å². The summed E-state index contributed by atoms with van der Waals surface area (Å²) in [5, 5.41) is 10.5. The van der Waals surface area contributed by atoms with Crippen LogP contribution in [0.5, 0.6) is 23.0 Å². The summed E-state index contributed by atoms with van der Waals surface area (Å²) in [5.41, 5.74) is 9.28. The van der Waals surface area contributed by atoms with Gasteiger partial charge in [-0.05, 0) is 60.5 Å². The van der Waals surface area contributed by atoms with Gasteiger partial charge in [0.15, 0.2) is 0 Å². The van der Waals surface area contributed by atoms with Crippen molar-refractivity contribution in [1.82, 2.24) is 0 Å². The van der Waals surface area contributed by atoms with Crippen LogP contribution in [0.3, 0.4) is 0 Å². The molecule has 1 heterocycles. The maximum absolute atomic E-state index is 12.8. The van der Waals surface area contributed by atoms with Gasteiger partial charge in [0, 0.05) is 22.2 Å². The Labute approximate surface area is 249 Å². The SMILES string of the molecule is CCCCOc1ccc(C(=O)Oc2ccc3c(c2)OC(N)=C(C#N)C3c2ccc(OCc3ccccc3Cl)cc2)cc1. The lowest BCUT2D eigenvalue weighted by molar-refractivity contribution is 0.0734. The van der Waals surface area contributed by atoms with E-state index in [1.807, 2.05) is 48.5 Å². The van der Waals surface area contributed by atoms with Crippen molar-refractivity contribution < 1.29 is 23.7 Å². The highest BCUT2D eigenvalue weighted by atomic mass is 35.5. The van der Waals surface area contributed by atoms with E-state index in [1.165, 1.54) is 0 Å². The zero-order chi connectivity index (χ0) is 29.5. The van der Waals surface area contributed by atoms with Crippen molar-refractivity contribution in [1.29, 1.82) is 5.26 Å². The molecule has 0 aliphatic carbocycles. The third-order valence-electron chi connectivity index (χ3n) is 6.82. The molecule has 4 aromatic rings. The summed E-state index contributed by atoms with van der Waals surface area (Å²) in [6.45, 7) is 3.05. The normalized spacial score (nSPS) is 13.9. The van der Waals surface area contributed by atoms with Crippen LogP contribution in [-0.4, -0.2) is 12.6 Å². The minimum atomic E-state index is -0.518. The second-order valence-corrected chi connectivity index (χ2v) is 10.1. The van der Waals surface area contributed by atoms with E-state index in [9.17, 15) is 10.1 Å². The smallest absolute Gasteiger partial charge is 0.343 e. The molecule has 0 fully saturated rings. The molecule has 0 aromatic heterocycles. The van der Waals surface area contributed by atoms with Crippen LogP contribution < -0.4 is 24.7 Å². The number of unbranched alkanes of at least 4 members (excludes halogenated alkanes) is 1. The van der Waals surface area contributed by atoms with Crippen molar-refractivity contribution in [3.63, 3.8) is 0 Å². The molecular weight excluding hydrogens is 552 g/mol. The zero-order valence-electron chi connectivity index (χ0n) is 23.0. The van der Waals surface area contributed by atoms with E-state index in [1.54, 1.807) is 42.5 Å². The number of benzene rings is 4. The van der Waals surface area contributed by atoms with Crippen LogP contribution in [-0.2, 0) is 6.61 Å². The molecule has 0 radical (unpaired) electrons. The summed E-state index contributed by atoms with van der Waals surface area (Å²) in [6, 6.07) is 29.0. The van der Waals surface area contributed by atoms with Gasteiger partial charge in [0.25, 0.3) is 0 Å². The summed E-state index contributed by atoms with van der Waals surface area (Å²) in [6.07, 6.45) is 2.01. The zero-order valence-corrected chi connectivity index (χ0v) is 23.8. The molecular formula is C34H29ClN2O5. The topological polar surface area (TPSA) is 104 Å². The van der Waals surface area contributed by atoms with Crippen LogP contribution in [0.15, 0.2) is 102 Å². The lowest BCUT2D eigenvalue weighted by Gasteiger charge is -2.26. The highest BCUT2D eigenvalue weighted by Crippen LogP contribution is 2.43. The van der Waals surface area contributed by atoms with Gasteiger partial charge in [0.1, 0.15) is 41.2 Å². The van der Waals surface area contributed by atoms with Crippen LogP contribution in [0.25, 0.3) is 0 Å². The van der Waals surface area contributed by atoms with Gasteiger partial charge in [0.05, 0.1) is 18.1 Å². The summed E-state index contributed by atoms with van der Waals surface area (Å²) in [5.74, 6) is 1.06. The maximum Gasteiger partial charge on any atom is 0.343 e. The van der Waals surface area contributed by atoms with Gasteiger partial charge in [0.2, 0.25) is 5.88 Å². The largest absolute Gasteiger partial charge is 0.494 e. The molecule has 2 N–H and O–H groups in total. The van der Waals surface area contributed by atoms with Crippen molar-refractivity contribution in [2.75, 3.05) is 6.61 Å². The number of esters is 1. The highest BCUT2D eigenvalue weighted by molar-refractivity contribution is 6.31. The molecule has 0 saturated heterocycles. The van der Waals surface area contributed by atoms with E-state index in [0.29, 0.717) is 46.6 Å². The number of fused-ring (bicyclic) bond motifs is 1. The van der Waals surface area contributed by atoms with Crippen LogP contribution in [0.2, 0.25) is 5.02 Å². The second kappa shape index (κ2) is 13.2. The Balaban J connectivity index is 1.31. The first-order chi connectivity index (χ1) is 20.5. The Morgan fingerprint density at radius 2 is 1.64 bits per heavy atom. The summed E-state index contributed by atoms with van der Waals surface area (Å²) in [7, 11) is 0. The fraction of sp³-hybridized carbons (Fsp3) is 0.176. The van der Waals surface area contributed by atoms with Crippen LogP contribution >= 0.6 is 11.6 Å². The number of ether oxygens (including phenoxy) is 4. The van der Waals surface area contributed by atoms with Crippen LogP contribution in [0.4, 0.5) is 0 Å². The fourth-order valence-corrected chi connectivity index (χ4v) is 4.75.